The standard InChI is InChI=1S/C18H22N6O2/c1-4-14(5-2)23-8-10-24(11-9-23)17-19-7-6-13(20-17)12-15-16(25)21-18(26)22(15)3/h4-7,12H,1,8-11H2,2-3H3,(H,21,25,26)/b14-5+,15-12-. The van der Waals surface area contributed by atoms with Crippen molar-refractivity contribution in [2.24, 2.45) is 0 Å². The van der Waals surface area contributed by atoms with E-state index in [0.29, 0.717) is 11.6 Å². The molecule has 136 valence electrons. The number of rotatable bonds is 4. The number of likely N-dealkylation sites (N-methyl/N-ethyl adjacent to an activating group) is 1. The third-order valence-corrected chi connectivity index (χ3v) is 4.50. The normalized spacial score (nSPS) is 20.0. The fourth-order valence-corrected chi connectivity index (χ4v) is 3.00. The van der Waals surface area contributed by atoms with Crippen LogP contribution in [-0.4, -0.2) is 64.9 Å². The monoisotopic (exact) mass is 354 g/mol. The van der Waals surface area contributed by atoms with E-state index in [1.54, 1.807) is 25.4 Å². The van der Waals surface area contributed by atoms with Crippen LogP contribution in [0.15, 0.2) is 42.4 Å². The quantitative estimate of drug-likeness (QED) is 0.497. The number of anilines is 1. The van der Waals surface area contributed by atoms with Gasteiger partial charge in [0, 0.05) is 45.1 Å². The summed E-state index contributed by atoms with van der Waals surface area (Å²) in [6, 6.07) is 1.28. The van der Waals surface area contributed by atoms with E-state index in [1.165, 1.54) is 4.90 Å². The summed E-state index contributed by atoms with van der Waals surface area (Å²) in [5.41, 5.74) is 1.99. The molecule has 3 amide bonds. The summed E-state index contributed by atoms with van der Waals surface area (Å²) in [7, 11) is 1.55. The van der Waals surface area contributed by atoms with E-state index >= 15 is 0 Å². The number of carbonyl (C=O) groups is 2. The lowest BCUT2D eigenvalue weighted by Gasteiger charge is -2.36. The Morgan fingerprint density at radius 1 is 1.27 bits per heavy atom. The third kappa shape index (κ3) is 3.44. The predicted octanol–water partition coefficient (Wildman–Crippen LogP) is 1.21. The molecule has 2 saturated heterocycles. The minimum atomic E-state index is -0.436. The second-order valence-electron chi connectivity index (χ2n) is 6.02. The fourth-order valence-electron chi connectivity index (χ4n) is 3.00. The Hall–Kier alpha value is -3.16. The minimum Gasteiger partial charge on any atom is -0.368 e. The average Bonchev–Trinajstić information content (AvgIpc) is 2.90. The number of nitrogens with one attached hydrogen (secondary N) is 1. The second kappa shape index (κ2) is 7.38. The van der Waals surface area contributed by atoms with Crippen molar-refractivity contribution in [2.45, 2.75) is 6.92 Å². The highest BCUT2D eigenvalue weighted by Gasteiger charge is 2.29. The van der Waals surface area contributed by atoms with Crippen molar-refractivity contribution in [1.29, 1.82) is 0 Å². The van der Waals surface area contributed by atoms with Gasteiger partial charge in [-0.05, 0) is 25.1 Å². The molecule has 3 heterocycles. The average molecular weight is 354 g/mol. The van der Waals surface area contributed by atoms with Gasteiger partial charge in [0.15, 0.2) is 0 Å². The SMILES string of the molecule is C=C/C(=C\C)N1CCN(c2nccc(/C=C3/C(=O)NC(=O)N3C)n2)CC1. The van der Waals surface area contributed by atoms with E-state index in [9.17, 15) is 9.59 Å². The topological polar surface area (TPSA) is 81.7 Å². The molecule has 1 N–H and O–H groups in total. The minimum absolute atomic E-state index is 0.271. The van der Waals surface area contributed by atoms with Gasteiger partial charge in [0.1, 0.15) is 5.70 Å². The van der Waals surface area contributed by atoms with Gasteiger partial charge >= 0.3 is 6.03 Å². The van der Waals surface area contributed by atoms with E-state index in [4.69, 9.17) is 0 Å². The molecule has 0 bridgehead atoms. The number of nitrogens with zero attached hydrogens (tertiary/aromatic N) is 5. The van der Waals surface area contributed by atoms with Crippen LogP contribution in [0.1, 0.15) is 12.6 Å². The van der Waals surface area contributed by atoms with Gasteiger partial charge in [-0.1, -0.05) is 12.7 Å². The van der Waals surface area contributed by atoms with Gasteiger partial charge in [-0.2, -0.15) is 0 Å². The zero-order valence-electron chi connectivity index (χ0n) is 15.0. The molecule has 0 spiro atoms. The van der Waals surface area contributed by atoms with Crippen molar-refractivity contribution in [3.8, 4) is 0 Å². The lowest BCUT2D eigenvalue weighted by atomic mass is 10.2. The molecule has 3 rings (SSSR count). The lowest BCUT2D eigenvalue weighted by molar-refractivity contribution is -0.115. The number of piperazine rings is 1. The van der Waals surface area contributed by atoms with Crippen LogP contribution in [0.4, 0.5) is 10.7 Å². The highest BCUT2D eigenvalue weighted by molar-refractivity contribution is 6.13. The van der Waals surface area contributed by atoms with Crippen molar-refractivity contribution < 1.29 is 9.59 Å². The highest BCUT2D eigenvalue weighted by atomic mass is 16.2. The van der Waals surface area contributed by atoms with Crippen LogP contribution in [0.5, 0.6) is 0 Å². The summed E-state index contributed by atoms with van der Waals surface area (Å²) >= 11 is 0. The summed E-state index contributed by atoms with van der Waals surface area (Å²) < 4.78 is 0. The number of amides is 3. The van der Waals surface area contributed by atoms with Crippen LogP contribution < -0.4 is 10.2 Å². The van der Waals surface area contributed by atoms with Crippen molar-refractivity contribution in [1.82, 2.24) is 25.1 Å². The first kappa shape index (κ1) is 17.7. The van der Waals surface area contributed by atoms with E-state index in [2.05, 4.69) is 37.7 Å². The summed E-state index contributed by atoms with van der Waals surface area (Å²) in [4.78, 5) is 37.9. The number of carbonyl (C=O) groups excluding carboxylic acids is 2. The zero-order chi connectivity index (χ0) is 18.7. The van der Waals surface area contributed by atoms with Gasteiger partial charge in [0.05, 0.1) is 5.69 Å². The number of aromatic nitrogens is 2. The molecule has 2 fully saturated rings. The van der Waals surface area contributed by atoms with Crippen molar-refractivity contribution in [3.05, 3.63) is 48.1 Å². The Balaban J connectivity index is 1.74. The Kier molecular flexibility index (Phi) is 5.01. The molecule has 8 heteroatoms. The fraction of sp³-hybridized carbons (Fsp3) is 0.333. The Morgan fingerprint density at radius 2 is 2.00 bits per heavy atom. The summed E-state index contributed by atoms with van der Waals surface area (Å²) in [6.45, 7) is 9.16. The van der Waals surface area contributed by atoms with Crippen LogP contribution in [0, 0.1) is 0 Å². The number of hydrogen-bond acceptors (Lipinski definition) is 6. The van der Waals surface area contributed by atoms with Crippen LogP contribution in [0.2, 0.25) is 0 Å². The molecule has 0 aromatic carbocycles. The second-order valence-corrected chi connectivity index (χ2v) is 6.02. The third-order valence-electron chi connectivity index (χ3n) is 4.50. The van der Waals surface area contributed by atoms with Crippen molar-refractivity contribution in [3.63, 3.8) is 0 Å². The summed E-state index contributed by atoms with van der Waals surface area (Å²) in [5.74, 6) is 0.196. The number of urea groups is 1. The molecule has 0 atom stereocenters. The highest BCUT2D eigenvalue weighted by Crippen LogP contribution is 2.17. The Morgan fingerprint density at radius 3 is 2.58 bits per heavy atom. The van der Waals surface area contributed by atoms with Gasteiger partial charge in [-0.15, -0.1) is 0 Å². The molecule has 2 aliphatic heterocycles. The number of allylic oxidation sites excluding steroid dienone is 2. The first-order valence-corrected chi connectivity index (χ1v) is 8.46. The summed E-state index contributed by atoms with van der Waals surface area (Å²) in [6.07, 6.45) is 7.17. The molecule has 8 nitrogen and oxygen atoms in total. The molecule has 0 aliphatic carbocycles. The van der Waals surface area contributed by atoms with Gasteiger partial charge in [0.25, 0.3) is 5.91 Å². The van der Waals surface area contributed by atoms with Crippen LogP contribution >= 0.6 is 0 Å². The zero-order valence-corrected chi connectivity index (χ0v) is 15.0. The van der Waals surface area contributed by atoms with Crippen molar-refractivity contribution in [2.75, 3.05) is 38.1 Å². The van der Waals surface area contributed by atoms with Crippen LogP contribution in [0.3, 0.4) is 0 Å². The Bertz CT molecular complexity index is 793. The number of hydrogen-bond donors (Lipinski definition) is 1. The molecule has 0 saturated carbocycles. The van der Waals surface area contributed by atoms with Gasteiger partial charge in [0.2, 0.25) is 5.95 Å². The van der Waals surface area contributed by atoms with Gasteiger partial charge < -0.3 is 9.80 Å². The lowest BCUT2D eigenvalue weighted by Crippen LogP contribution is -2.46. The largest absolute Gasteiger partial charge is 0.368 e. The predicted molar refractivity (Wildman–Crippen MR) is 99.1 cm³/mol. The molecule has 26 heavy (non-hydrogen) atoms. The molecule has 0 unspecified atom stereocenters. The number of imide groups is 1. The molecule has 1 aromatic heterocycles. The first-order chi connectivity index (χ1) is 12.5. The molecule has 0 radical (unpaired) electrons. The summed E-state index contributed by atoms with van der Waals surface area (Å²) in [5, 5.41) is 2.25. The van der Waals surface area contributed by atoms with Crippen LogP contribution in [0.25, 0.3) is 6.08 Å². The van der Waals surface area contributed by atoms with Crippen LogP contribution in [-0.2, 0) is 4.79 Å². The van der Waals surface area contributed by atoms with E-state index < -0.39 is 11.9 Å². The van der Waals surface area contributed by atoms with E-state index in [0.717, 1.165) is 31.9 Å². The Labute approximate surface area is 152 Å². The molecular formula is C18H22N6O2. The van der Waals surface area contributed by atoms with Gasteiger partial charge in [-0.3, -0.25) is 15.0 Å². The smallest absolute Gasteiger partial charge is 0.328 e. The maximum atomic E-state index is 11.8. The van der Waals surface area contributed by atoms with E-state index in [-0.39, 0.29) is 5.70 Å². The van der Waals surface area contributed by atoms with E-state index in [1.807, 2.05) is 13.0 Å². The molecule has 2 aliphatic rings. The van der Waals surface area contributed by atoms with Gasteiger partial charge in [-0.25, -0.2) is 14.8 Å². The molecule has 1 aromatic rings. The first-order valence-electron chi connectivity index (χ1n) is 8.46. The van der Waals surface area contributed by atoms with Crippen molar-refractivity contribution >= 4 is 24.0 Å². The maximum Gasteiger partial charge on any atom is 0.328 e. The molecular weight excluding hydrogens is 332 g/mol. The maximum absolute atomic E-state index is 11.8.